The predicted molar refractivity (Wildman–Crippen MR) is 68.9 cm³/mol. The van der Waals surface area contributed by atoms with E-state index in [9.17, 15) is 17.3 Å². The van der Waals surface area contributed by atoms with Crippen LogP contribution in [0, 0.1) is 11.3 Å². The third-order valence-electron chi connectivity index (χ3n) is 5.61. The molecule has 4 nitrogen and oxygen atoms in total. The molecule has 2 saturated carbocycles. The van der Waals surface area contributed by atoms with Gasteiger partial charge in [-0.3, -0.25) is 0 Å². The third kappa shape index (κ3) is 2.38. The van der Waals surface area contributed by atoms with Gasteiger partial charge in [-0.1, -0.05) is 6.92 Å². The van der Waals surface area contributed by atoms with Crippen molar-refractivity contribution < 1.29 is 22.0 Å². The van der Waals surface area contributed by atoms with Crippen molar-refractivity contribution in [1.82, 2.24) is 0 Å². The average molecular weight is 306 g/mol. The molecule has 6 aliphatic rings. The van der Waals surface area contributed by atoms with Crippen molar-refractivity contribution in [3.63, 3.8) is 0 Å². The summed E-state index contributed by atoms with van der Waals surface area (Å²) in [7, 11) is -3.85. The monoisotopic (exact) mass is 306 g/mol. The van der Waals surface area contributed by atoms with E-state index in [-0.39, 0.29) is 0 Å². The normalized spacial score (nSPS) is 46.6. The van der Waals surface area contributed by atoms with Crippen molar-refractivity contribution in [2.45, 2.75) is 56.8 Å². The topological polar surface area (TPSA) is 40.1 Å². The first-order chi connectivity index (χ1) is 9.71. The van der Waals surface area contributed by atoms with Crippen LogP contribution in [0.25, 0.3) is 0 Å². The first kappa shape index (κ1) is 14.9. The lowest BCUT2D eigenvalue weighted by Gasteiger charge is -2.57. The molecular weight excluding hydrogens is 287 g/mol. The highest BCUT2D eigenvalue weighted by molar-refractivity contribution is 6.50. The van der Waals surface area contributed by atoms with E-state index >= 15 is 0 Å². The minimum absolute atomic E-state index is 0.320. The number of azo groups is 3. The molecular formula is C12H19BF4N4. The summed E-state index contributed by atoms with van der Waals surface area (Å²) in [5, 5.41) is 13.9. The fourth-order valence-electron chi connectivity index (χ4n) is 4.77. The van der Waals surface area contributed by atoms with Gasteiger partial charge in [0.05, 0.1) is 18.0 Å². The van der Waals surface area contributed by atoms with E-state index in [1.54, 1.807) is 0 Å². The molecule has 4 heterocycles. The van der Waals surface area contributed by atoms with Gasteiger partial charge in [-0.15, -0.1) is 4.70 Å². The number of hydrogen-bond acceptors (Lipinski definition) is 3. The van der Waals surface area contributed by atoms with Crippen LogP contribution in [0.15, 0.2) is 15.3 Å². The highest BCUT2D eigenvalue weighted by atomic mass is 19.5. The summed E-state index contributed by atoms with van der Waals surface area (Å²) >= 11 is 0. The zero-order valence-electron chi connectivity index (χ0n) is 12.1. The van der Waals surface area contributed by atoms with Gasteiger partial charge in [0.2, 0.25) is 0 Å². The Kier molecular flexibility index (Phi) is 3.37. The molecule has 6 atom stereocenters. The molecule has 0 saturated heterocycles. The van der Waals surface area contributed by atoms with E-state index in [1.807, 2.05) is 0 Å². The summed E-state index contributed by atoms with van der Waals surface area (Å²) in [5.74, 6) is 0.713. The Morgan fingerprint density at radius 3 is 2.14 bits per heavy atom. The van der Waals surface area contributed by atoms with Crippen molar-refractivity contribution in [3.8, 4) is 0 Å². The van der Waals surface area contributed by atoms with Crippen molar-refractivity contribution in [1.29, 1.82) is 0 Å². The minimum atomic E-state index is -6.00. The molecule has 0 unspecified atom stereocenters. The highest BCUT2D eigenvalue weighted by Gasteiger charge is 2.66. The lowest BCUT2D eigenvalue weighted by atomic mass is 9.51. The van der Waals surface area contributed by atoms with E-state index in [1.165, 1.54) is 25.7 Å². The molecule has 9 heteroatoms. The molecule has 0 amide bonds. The smallest absolute Gasteiger partial charge is 0.418 e. The number of rotatable bonds is 0. The van der Waals surface area contributed by atoms with Gasteiger partial charge >= 0.3 is 7.25 Å². The number of hydrogen-bond donors (Lipinski definition) is 0. The standard InChI is InChI=1S/C12H19N4.BF4/c1-12-9-5-3-7(13-14-9)11(12)8-4-6-10(12)15-16(8)2;2-1(3,4)5/h7-11H,3-6H2,1-2H3;/q+1;-1/t7-,8+,9+,10-,11+,12-;/m0./s1. The molecule has 0 N–H and O–H groups in total. The maximum absolute atomic E-state index is 9.75. The van der Waals surface area contributed by atoms with Crippen LogP contribution in [0.1, 0.15) is 32.6 Å². The van der Waals surface area contributed by atoms with Crippen molar-refractivity contribution in [3.05, 3.63) is 0 Å². The van der Waals surface area contributed by atoms with Gasteiger partial charge in [0, 0.05) is 11.8 Å². The Hall–Kier alpha value is -1.02. The first-order valence-corrected chi connectivity index (χ1v) is 7.42. The average Bonchev–Trinajstić information content (AvgIpc) is 2.39. The van der Waals surface area contributed by atoms with Crippen molar-refractivity contribution in [2.75, 3.05) is 7.05 Å². The fraction of sp³-hybridized carbons (Fsp3) is 1.00. The Labute approximate surface area is 120 Å². The van der Waals surface area contributed by atoms with Gasteiger partial charge in [0.25, 0.3) is 0 Å². The Balaban J connectivity index is 0.000000233. The van der Waals surface area contributed by atoms with Gasteiger partial charge < -0.3 is 17.3 Å². The molecule has 0 aromatic rings. The maximum Gasteiger partial charge on any atom is 0.673 e. The van der Waals surface area contributed by atoms with Crippen LogP contribution < -0.4 is 0 Å². The summed E-state index contributed by atoms with van der Waals surface area (Å²) in [4.78, 5) is 0. The van der Waals surface area contributed by atoms with Crippen LogP contribution in [-0.4, -0.2) is 43.2 Å². The summed E-state index contributed by atoms with van der Waals surface area (Å²) < 4.78 is 41.2. The minimum Gasteiger partial charge on any atom is -0.418 e. The zero-order chi connectivity index (χ0) is 15.4. The molecule has 4 aliphatic heterocycles. The molecule has 21 heavy (non-hydrogen) atoms. The summed E-state index contributed by atoms with van der Waals surface area (Å²) in [6, 6.07) is 2.06. The van der Waals surface area contributed by atoms with Crippen LogP contribution in [0.5, 0.6) is 0 Å². The SMILES string of the molecule is C[N+]1=N[C@H]2CC[C@@H]1[C@H]1[C@@H]3CC[C@@H](N=N3)[C@]12C.F[B-](F)(F)F. The Morgan fingerprint density at radius 2 is 1.62 bits per heavy atom. The summed E-state index contributed by atoms with van der Waals surface area (Å²) in [6.07, 6.45) is 5.07. The van der Waals surface area contributed by atoms with Gasteiger partial charge in [0.1, 0.15) is 6.04 Å². The second-order valence-electron chi connectivity index (χ2n) is 6.63. The lowest BCUT2D eigenvalue weighted by Crippen LogP contribution is -2.66. The van der Waals surface area contributed by atoms with E-state index in [0.717, 1.165) is 0 Å². The lowest BCUT2D eigenvalue weighted by molar-refractivity contribution is -0.641. The van der Waals surface area contributed by atoms with Crippen LogP contribution in [-0.2, 0) is 0 Å². The van der Waals surface area contributed by atoms with E-state index in [0.29, 0.717) is 35.5 Å². The molecule has 0 radical (unpaired) electrons. The van der Waals surface area contributed by atoms with Crippen LogP contribution in [0.3, 0.4) is 0 Å². The molecule has 118 valence electrons. The largest absolute Gasteiger partial charge is 0.673 e. The second kappa shape index (κ2) is 4.74. The molecule has 0 spiro atoms. The van der Waals surface area contributed by atoms with E-state index in [2.05, 4.69) is 28.9 Å². The third-order valence-corrected chi connectivity index (χ3v) is 5.61. The fourth-order valence-corrected chi connectivity index (χ4v) is 4.77. The van der Waals surface area contributed by atoms with Crippen molar-refractivity contribution in [2.24, 2.45) is 26.7 Å². The second-order valence-corrected chi connectivity index (χ2v) is 6.63. The molecule has 0 aromatic carbocycles. The molecule has 0 aromatic heterocycles. The quantitative estimate of drug-likeness (QED) is 0.373. The first-order valence-electron chi connectivity index (χ1n) is 7.42. The molecule has 6 rings (SSSR count). The van der Waals surface area contributed by atoms with Crippen LogP contribution >= 0.6 is 0 Å². The maximum atomic E-state index is 9.75. The van der Waals surface area contributed by atoms with Gasteiger partial charge in [0.15, 0.2) is 13.1 Å². The summed E-state index contributed by atoms with van der Waals surface area (Å²) in [5.41, 5.74) is 0.320. The molecule has 2 fully saturated rings. The molecule has 4 bridgehead atoms. The number of nitrogens with zero attached hydrogens (tertiary/aromatic N) is 4. The van der Waals surface area contributed by atoms with E-state index < -0.39 is 7.25 Å². The predicted octanol–water partition coefficient (Wildman–Crippen LogP) is 3.54. The van der Waals surface area contributed by atoms with Gasteiger partial charge in [-0.05, 0) is 24.4 Å². The molecule has 2 aliphatic carbocycles. The van der Waals surface area contributed by atoms with Gasteiger partial charge in [-0.2, -0.15) is 10.2 Å². The number of fused-ring (bicyclic) bond motifs is 2. The number of halogens is 4. The Morgan fingerprint density at radius 1 is 1.00 bits per heavy atom. The van der Waals surface area contributed by atoms with E-state index in [4.69, 9.17) is 5.11 Å². The van der Waals surface area contributed by atoms with Crippen LogP contribution in [0.2, 0.25) is 0 Å². The highest BCUT2D eigenvalue weighted by Crippen LogP contribution is 2.58. The zero-order valence-corrected chi connectivity index (χ0v) is 12.1. The van der Waals surface area contributed by atoms with Gasteiger partial charge in [-0.25, -0.2) is 0 Å². The Bertz CT molecular complexity index is 488. The van der Waals surface area contributed by atoms with Crippen molar-refractivity contribution >= 4 is 7.25 Å². The van der Waals surface area contributed by atoms with Crippen LogP contribution in [0.4, 0.5) is 17.3 Å². The summed E-state index contributed by atoms with van der Waals surface area (Å²) in [6.45, 7) is 2.43.